The van der Waals surface area contributed by atoms with Crippen LogP contribution in [0.4, 0.5) is 0 Å². The standard InChI is InChI=1S/C16H19NOS/c18-13(16-10-5-1-2-6-11(10)16)9-15-17-12-7-3-4-8-14(12)19-15/h3-4,7-8,10-11,13,16,18H,1-2,5-6,9H2. The van der Waals surface area contributed by atoms with Gasteiger partial charge in [0.2, 0.25) is 0 Å². The van der Waals surface area contributed by atoms with Crippen LogP contribution < -0.4 is 0 Å². The van der Waals surface area contributed by atoms with Gasteiger partial charge in [-0.3, -0.25) is 0 Å². The summed E-state index contributed by atoms with van der Waals surface area (Å²) in [6.07, 6.45) is 5.99. The third-order valence-corrected chi connectivity index (χ3v) is 5.95. The van der Waals surface area contributed by atoms with E-state index in [1.165, 1.54) is 30.4 Å². The van der Waals surface area contributed by atoms with Gasteiger partial charge in [0, 0.05) is 6.42 Å². The molecule has 3 unspecified atom stereocenters. The average Bonchev–Trinajstić information content (AvgIpc) is 3.02. The van der Waals surface area contributed by atoms with E-state index in [2.05, 4.69) is 23.2 Å². The van der Waals surface area contributed by atoms with Crippen molar-refractivity contribution in [2.75, 3.05) is 0 Å². The third kappa shape index (κ3) is 2.09. The Labute approximate surface area is 117 Å². The molecule has 3 atom stereocenters. The van der Waals surface area contributed by atoms with Crippen LogP contribution in [0.2, 0.25) is 0 Å². The number of benzene rings is 1. The number of aromatic nitrogens is 1. The summed E-state index contributed by atoms with van der Waals surface area (Å²) in [5.41, 5.74) is 1.07. The lowest BCUT2D eigenvalue weighted by atomic mass is 10.0. The highest BCUT2D eigenvalue weighted by molar-refractivity contribution is 7.18. The van der Waals surface area contributed by atoms with Crippen molar-refractivity contribution in [3.05, 3.63) is 29.3 Å². The summed E-state index contributed by atoms with van der Waals surface area (Å²) in [6.45, 7) is 0. The largest absolute Gasteiger partial charge is 0.392 e. The van der Waals surface area contributed by atoms with Gasteiger partial charge in [0.25, 0.3) is 0 Å². The number of aliphatic hydroxyl groups is 1. The first-order valence-electron chi connectivity index (χ1n) is 7.35. The number of hydrogen-bond donors (Lipinski definition) is 1. The predicted molar refractivity (Wildman–Crippen MR) is 78.3 cm³/mol. The molecule has 2 fully saturated rings. The number of aliphatic hydroxyl groups excluding tert-OH is 1. The van der Waals surface area contributed by atoms with Crippen molar-refractivity contribution in [1.29, 1.82) is 0 Å². The minimum atomic E-state index is -0.173. The molecule has 1 heterocycles. The molecule has 2 saturated carbocycles. The number of thiazole rings is 1. The molecule has 0 bridgehead atoms. The van der Waals surface area contributed by atoms with Gasteiger partial charge >= 0.3 is 0 Å². The van der Waals surface area contributed by atoms with Crippen LogP contribution in [0.25, 0.3) is 10.2 Å². The zero-order valence-corrected chi connectivity index (χ0v) is 11.8. The van der Waals surface area contributed by atoms with Crippen LogP contribution in [0, 0.1) is 17.8 Å². The molecule has 1 aromatic carbocycles. The summed E-state index contributed by atoms with van der Waals surface area (Å²) in [6, 6.07) is 8.24. The molecule has 0 radical (unpaired) electrons. The van der Waals surface area contributed by atoms with Gasteiger partial charge in [-0.25, -0.2) is 4.98 Å². The maximum atomic E-state index is 10.5. The summed E-state index contributed by atoms with van der Waals surface area (Å²) in [5, 5.41) is 11.6. The second-order valence-corrected chi connectivity index (χ2v) is 7.15. The topological polar surface area (TPSA) is 33.1 Å². The lowest BCUT2D eigenvalue weighted by molar-refractivity contribution is 0.140. The number of rotatable bonds is 3. The Bertz CT molecular complexity index is 548. The predicted octanol–water partition coefficient (Wildman–Crippen LogP) is 3.64. The maximum absolute atomic E-state index is 10.5. The molecule has 19 heavy (non-hydrogen) atoms. The minimum absolute atomic E-state index is 0.173. The molecule has 2 nitrogen and oxygen atoms in total. The van der Waals surface area contributed by atoms with Crippen LogP contribution in [0.5, 0.6) is 0 Å². The van der Waals surface area contributed by atoms with Crippen LogP contribution in [0.15, 0.2) is 24.3 Å². The lowest BCUT2D eigenvalue weighted by Crippen LogP contribution is -2.14. The molecule has 1 aromatic heterocycles. The Kier molecular flexibility index (Phi) is 2.85. The Morgan fingerprint density at radius 1 is 1.21 bits per heavy atom. The zero-order valence-electron chi connectivity index (χ0n) is 11.0. The molecule has 3 heteroatoms. The van der Waals surface area contributed by atoms with E-state index in [0.29, 0.717) is 5.92 Å². The van der Waals surface area contributed by atoms with E-state index in [1.807, 2.05) is 6.07 Å². The van der Waals surface area contributed by atoms with Crippen LogP contribution in [0.3, 0.4) is 0 Å². The quantitative estimate of drug-likeness (QED) is 0.926. The minimum Gasteiger partial charge on any atom is -0.392 e. The first-order chi connectivity index (χ1) is 9.33. The molecule has 0 aliphatic heterocycles. The van der Waals surface area contributed by atoms with Crippen LogP contribution in [0.1, 0.15) is 30.7 Å². The molecule has 0 spiro atoms. The molecule has 1 N–H and O–H groups in total. The average molecular weight is 273 g/mol. The number of para-hydroxylation sites is 1. The SMILES string of the molecule is OC(Cc1nc2ccccc2s1)C1C2CCCCC21. The second kappa shape index (κ2) is 4.57. The highest BCUT2D eigenvalue weighted by atomic mass is 32.1. The van der Waals surface area contributed by atoms with Crippen molar-refractivity contribution in [3.63, 3.8) is 0 Å². The Morgan fingerprint density at radius 2 is 1.95 bits per heavy atom. The molecule has 2 aromatic rings. The fraction of sp³-hybridized carbons (Fsp3) is 0.562. The van der Waals surface area contributed by atoms with Crippen molar-refractivity contribution < 1.29 is 5.11 Å². The van der Waals surface area contributed by atoms with Gasteiger partial charge in [-0.05, 0) is 42.7 Å². The van der Waals surface area contributed by atoms with E-state index in [4.69, 9.17) is 0 Å². The Morgan fingerprint density at radius 3 is 2.68 bits per heavy atom. The van der Waals surface area contributed by atoms with Crippen LogP contribution in [-0.2, 0) is 6.42 Å². The summed E-state index contributed by atoms with van der Waals surface area (Å²) >= 11 is 1.73. The van der Waals surface area contributed by atoms with Gasteiger partial charge in [-0.2, -0.15) is 0 Å². The number of nitrogens with zero attached hydrogens (tertiary/aromatic N) is 1. The van der Waals surface area contributed by atoms with Crippen molar-refractivity contribution >= 4 is 21.6 Å². The van der Waals surface area contributed by atoms with Crippen molar-refractivity contribution in [2.45, 2.75) is 38.2 Å². The molecule has 4 rings (SSSR count). The maximum Gasteiger partial charge on any atom is 0.0964 e. The first-order valence-corrected chi connectivity index (χ1v) is 8.17. The van der Waals surface area contributed by atoms with E-state index in [0.717, 1.165) is 28.8 Å². The molecule has 2 aliphatic carbocycles. The fourth-order valence-electron chi connectivity index (χ4n) is 3.94. The van der Waals surface area contributed by atoms with E-state index in [1.54, 1.807) is 11.3 Å². The number of hydrogen-bond acceptors (Lipinski definition) is 3. The van der Waals surface area contributed by atoms with Gasteiger partial charge in [0.05, 0.1) is 21.3 Å². The second-order valence-electron chi connectivity index (χ2n) is 6.04. The van der Waals surface area contributed by atoms with Gasteiger partial charge in [-0.1, -0.05) is 25.0 Å². The highest BCUT2D eigenvalue weighted by Crippen LogP contribution is 2.57. The van der Waals surface area contributed by atoms with Crippen molar-refractivity contribution in [2.24, 2.45) is 17.8 Å². The summed E-state index contributed by atoms with van der Waals surface area (Å²) < 4.78 is 1.23. The molecule has 0 saturated heterocycles. The fourth-order valence-corrected chi connectivity index (χ4v) is 4.96. The smallest absolute Gasteiger partial charge is 0.0964 e. The van der Waals surface area contributed by atoms with Gasteiger partial charge in [-0.15, -0.1) is 11.3 Å². The van der Waals surface area contributed by atoms with Gasteiger partial charge < -0.3 is 5.11 Å². The lowest BCUT2D eigenvalue weighted by Gasteiger charge is -2.07. The van der Waals surface area contributed by atoms with E-state index in [-0.39, 0.29) is 6.10 Å². The summed E-state index contributed by atoms with van der Waals surface area (Å²) in [5.74, 6) is 2.20. The van der Waals surface area contributed by atoms with Crippen molar-refractivity contribution in [3.8, 4) is 0 Å². The summed E-state index contributed by atoms with van der Waals surface area (Å²) in [4.78, 5) is 4.64. The van der Waals surface area contributed by atoms with Gasteiger partial charge in [0.15, 0.2) is 0 Å². The molecular formula is C16H19NOS. The zero-order chi connectivity index (χ0) is 12.8. The highest BCUT2D eigenvalue weighted by Gasteiger charge is 2.53. The van der Waals surface area contributed by atoms with E-state index in [9.17, 15) is 5.11 Å². The third-order valence-electron chi connectivity index (χ3n) is 4.89. The van der Waals surface area contributed by atoms with Gasteiger partial charge in [0.1, 0.15) is 0 Å². The molecule has 100 valence electrons. The normalized spacial score (nSPS) is 31.1. The Balaban J connectivity index is 1.49. The van der Waals surface area contributed by atoms with Crippen molar-refractivity contribution in [1.82, 2.24) is 4.98 Å². The molecular weight excluding hydrogens is 254 g/mol. The first kappa shape index (κ1) is 11.9. The van der Waals surface area contributed by atoms with Crippen LogP contribution in [-0.4, -0.2) is 16.2 Å². The number of fused-ring (bicyclic) bond motifs is 2. The Hall–Kier alpha value is -0.930. The van der Waals surface area contributed by atoms with Crippen LogP contribution >= 0.6 is 11.3 Å². The summed E-state index contributed by atoms with van der Waals surface area (Å²) in [7, 11) is 0. The van der Waals surface area contributed by atoms with E-state index < -0.39 is 0 Å². The molecule has 0 amide bonds. The molecule has 2 aliphatic rings. The van der Waals surface area contributed by atoms with E-state index >= 15 is 0 Å². The monoisotopic (exact) mass is 273 g/mol.